The van der Waals surface area contributed by atoms with Crippen molar-refractivity contribution >= 4 is 23.2 Å². The minimum atomic E-state index is -0.316. The van der Waals surface area contributed by atoms with Crippen LogP contribution in [-0.4, -0.2) is 38.6 Å². The first kappa shape index (κ1) is 17.4. The second-order valence-electron chi connectivity index (χ2n) is 6.88. The minimum absolute atomic E-state index is 0.0187. The van der Waals surface area contributed by atoms with Gasteiger partial charge in [-0.1, -0.05) is 0 Å². The summed E-state index contributed by atoms with van der Waals surface area (Å²) in [5.74, 6) is 1.18. The number of rotatable bonds is 3. The molecule has 0 unspecified atom stereocenters. The molecule has 1 saturated heterocycles. The maximum absolute atomic E-state index is 13.0. The number of carbonyl (C=O) groups is 1. The van der Waals surface area contributed by atoms with Crippen molar-refractivity contribution in [2.45, 2.75) is 26.7 Å². The molecule has 3 aromatic rings. The largest absolute Gasteiger partial charge is 0.356 e. The number of piperidine rings is 1. The molecule has 7 nitrogen and oxygen atoms in total. The Labute approximate surface area is 156 Å². The fourth-order valence-corrected chi connectivity index (χ4v) is 3.52. The zero-order valence-corrected chi connectivity index (χ0v) is 15.3. The lowest BCUT2D eigenvalue weighted by molar-refractivity contribution is -0.120. The van der Waals surface area contributed by atoms with Gasteiger partial charge in [0.2, 0.25) is 5.91 Å². The van der Waals surface area contributed by atoms with Crippen molar-refractivity contribution in [3.8, 4) is 0 Å². The van der Waals surface area contributed by atoms with E-state index in [9.17, 15) is 9.18 Å². The number of carbonyl (C=O) groups excluding carboxylic acids is 1. The van der Waals surface area contributed by atoms with Crippen molar-refractivity contribution < 1.29 is 9.18 Å². The fraction of sp³-hybridized carbons (Fsp3) is 0.368. The number of benzene rings is 1. The summed E-state index contributed by atoms with van der Waals surface area (Å²) in [6.07, 6.45) is 2.99. The van der Waals surface area contributed by atoms with Crippen LogP contribution in [0.5, 0.6) is 0 Å². The molecule has 4 rings (SSSR count). The molecule has 1 fully saturated rings. The summed E-state index contributed by atoms with van der Waals surface area (Å²) in [6.45, 7) is 5.50. The summed E-state index contributed by atoms with van der Waals surface area (Å²) < 4.78 is 14.8. The predicted molar refractivity (Wildman–Crippen MR) is 100 cm³/mol. The highest BCUT2D eigenvalue weighted by Gasteiger charge is 2.27. The van der Waals surface area contributed by atoms with Crippen LogP contribution >= 0.6 is 0 Å². The average Bonchev–Trinajstić information content (AvgIpc) is 3.12. The summed E-state index contributed by atoms with van der Waals surface area (Å²) in [4.78, 5) is 23.4. The van der Waals surface area contributed by atoms with E-state index in [0.29, 0.717) is 11.5 Å². The highest BCUT2D eigenvalue weighted by molar-refractivity contribution is 5.92. The fourth-order valence-electron chi connectivity index (χ4n) is 3.52. The number of hydrogen-bond acceptors (Lipinski definition) is 5. The molecule has 27 heavy (non-hydrogen) atoms. The Morgan fingerprint density at radius 2 is 1.89 bits per heavy atom. The molecule has 1 aliphatic rings. The summed E-state index contributed by atoms with van der Waals surface area (Å²) in [7, 11) is 0. The molecule has 1 aliphatic heterocycles. The van der Waals surface area contributed by atoms with Gasteiger partial charge in [-0.2, -0.15) is 14.6 Å². The van der Waals surface area contributed by atoms with Gasteiger partial charge >= 0.3 is 0 Å². The van der Waals surface area contributed by atoms with Crippen molar-refractivity contribution in [1.29, 1.82) is 0 Å². The quantitative estimate of drug-likeness (QED) is 0.769. The number of amides is 1. The number of nitrogens with zero attached hydrogens (tertiary/aromatic N) is 5. The van der Waals surface area contributed by atoms with E-state index in [1.807, 2.05) is 13.8 Å². The second-order valence-corrected chi connectivity index (χ2v) is 6.88. The molecule has 1 aromatic carbocycles. The van der Waals surface area contributed by atoms with Gasteiger partial charge < -0.3 is 10.2 Å². The van der Waals surface area contributed by atoms with E-state index in [0.717, 1.165) is 43.0 Å². The molecule has 8 heteroatoms. The number of fused-ring (bicyclic) bond motifs is 1. The molecular weight excluding hydrogens is 347 g/mol. The first-order chi connectivity index (χ1) is 13.0. The smallest absolute Gasteiger partial charge is 0.254 e. The van der Waals surface area contributed by atoms with Gasteiger partial charge in [0.05, 0.1) is 0 Å². The van der Waals surface area contributed by atoms with Gasteiger partial charge in [-0.05, 0) is 51.0 Å². The van der Waals surface area contributed by atoms with E-state index >= 15 is 0 Å². The van der Waals surface area contributed by atoms with Crippen molar-refractivity contribution in [2.75, 3.05) is 23.3 Å². The van der Waals surface area contributed by atoms with Crippen LogP contribution in [0.1, 0.15) is 24.1 Å². The Balaban J connectivity index is 1.46. The van der Waals surface area contributed by atoms with E-state index in [1.54, 1.807) is 16.6 Å². The summed E-state index contributed by atoms with van der Waals surface area (Å²) >= 11 is 0. The van der Waals surface area contributed by atoms with Crippen LogP contribution < -0.4 is 10.2 Å². The predicted octanol–water partition coefficient (Wildman–Crippen LogP) is 2.74. The molecule has 0 aliphatic carbocycles. The molecule has 0 saturated carbocycles. The Morgan fingerprint density at radius 1 is 1.19 bits per heavy atom. The van der Waals surface area contributed by atoms with Crippen LogP contribution in [0.4, 0.5) is 15.9 Å². The van der Waals surface area contributed by atoms with Crippen LogP contribution in [-0.2, 0) is 4.79 Å². The highest BCUT2D eigenvalue weighted by Crippen LogP contribution is 2.28. The zero-order valence-electron chi connectivity index (χ0n) is 15.3. The first-order valence-corrected chi connectivity index (χ1v) is 9.01. The van der Waals surface area contributed by atoms with E-state index in [1.165, 1.54) is 18.5 Å². The number of hydrogen-bond donors (Lipinski definition) is 1. The third-order valence-electron chi connectivity index (χ3n) is 5.15. The highest BCUT2D eigenvalue weighted by atomic mass is 19.1. The molecule has 1 amide bonds. The molecule has 0 bridgehead atoms. The Kier molecular flexibility index (Phi) is 4.47. The van der Waals surface area contributed by atoms with Gasteiger partial charge in [0.1, 0.15) is 18.0 Å². The topological polar surface area (TPSA) is 75.4 Å². The van der Waals surface area contributed by atoms with Crippen molar-refractivity contribution in [1.82, 2.24) is 19.6 Å². The van der Waals surface area contributed by atoms with Gasteiger partial charge in [0.15, 0.2) is 0 Å². The number of halogens is 1. The Morgan fingerprint density at radius 3 is 2.59 bits per heavy atom. The van der Waals surface area contributed by atoms with E-state index in [2.05, 4.69) is 25.3 Å². The van der Waals surface area contributed by atoms with Crippen molar-refractivity contribution in [3.63, 3.8) is 0 Å². The Bertz CT molecular complexity index is 976. The SMILES string of the molecule is Cc1nc2ncnn2c(N2CCC(C(=O)Nc3ccc(F)cc3)CC2)c1C. The number of nitrogens with one attached hydrogen (secondary N) is 1. The van der Waals surface area contributed by atoms with E-state index < -0.39 is 0 Å². The maximum atomic E-state index is 13.0. The lowest BCUT2D eigenvalue weighted by Gasteiger charge is -2.33. The molecule has 0 spiro atoms. The molecule has 140 valence electrons. The summed E-state index contributed by atoms with van der Waals surface area (Å²) in [5.41, 5.74) is 2.62. The molecule has 1 N–H and O–H groups in total. The van der Waals surface area contributed by atoms with Crippen LogP contribution in [0.2, 0.25) is 0 Å². The lowest BCUT2D eigenvalue weighted by Crippen LogP contribution is -2.39. The number of anilines is 2. The molecule has 2 aromatic heterocycles. The second kappa shape index (κ2) is 6.94. The van der Waals surface area contributed by atoms with Crippen LogP contribution in [0.15, 0.2) is 30.6 Å². The van der Waals surface area contributed by atoms with E-state index in [-0.39, 0.29) is 17.6 Å². The minimum Gasteiger partial charge on any atom is -0.356 e. The molecule has 3 heterocycles. The van der Waals surface area contributed by atoms with Crippen molar-refractivity contribution in [2.24, 2.45) is 5.92 Å². The molecular formula is C19H21FN6O. The van der Waals surface area contributed by atoms with Crippen LogP contribution in [0.25, 0.3) is 5.78 Å². The monoisotopic (exact) mass is 368 g/mol. The third kappa shape index (κ3) is 3.34. The summed E-state index contributed by atoms with van der Waals surface area (Å²) in [6, 6.07) is 5.84. The zero-order chi connectivity index (χ0) is 19.0. The van der Waals surface area contributed by atoms with Gasteiger partial charge in [-0.3, -0.25) is 4.79 Å². The van der Waals surface area contributed by atoms with E-state index in [4.69, 9.17) is 0 Å². The van der Waals surface area contributed by atoms with Gasteiger partial charge in [-0.25, -0.2) is 9.37 Å². The molecule has 0 atom stereocenters. The standard InChI is InChI=1S/C19H21FN6O/c1-12-13(2)23-19-21-11-22-26(19)18(12)25-9-7-14(8-10-25)17(27)24-16-5-3-15(20)4-6-16/h3-6,11,14H,7-10H2,1-2H3,(H,24,27). The van der Waals surface area contributed by atoms with Crippen LogP contribution in [0, 0.1) is 25.6 Å². The molecule has 0 radical (unpaired) electrons. The van der Waals surface area contributed by atoms with Crippen LogP contribution in [0.3, 0.4) is 0 Å². The lowest BCUT2D eigenvalue weighted by atomic mass is 9.95. The van der Waals surface area contributed by atoms with Crippen molar-refractivity contribution in [3.05, 3.63) is 47.7 Å². The third-order valence-corrected chi connectivity index (χ3v) is 5.15. The van der Waals surface area contributed by atoms with Gasteiger partial charge in [0, 0.05) is 36.0 Å². The van der Waals surface area contributed by atoms with Gasteiger partial charge in [-0.15, -0.1) is 0 Å². The number of aryl methyl sites for hydroxylation is 1. The first-order valence-electron chi connectivity index (χ1n) is 9.01. The summed E-state index contributed by atoms with van der Waals surface area (Å²) in [5, 5.41) is 7.18. The van der Waals surface area contributed by atoms with Gasteiger partial charge in [0.25, 0.3) is 5.78 Å². The number of aromatic nitrogens is 4. The maximum Gasteiger partial charge on any atom is 0.254 e. The average molecular weight is 368 g/mol. The normalized spacial score (nSPS) is 15.3. The Hall–Kier alpha value is -3.03.